The number of benzene rings is 2. The Morgan fingerprint density at radius 2 is 1.72 bits per heavy atom. The number of rotatable bonds is 2. The van der Waals surface area contributed by atoms with Gasteiger partial charge in [0.05, 0.1) is 0 Å². The molecule has 0 bridgehead atoms. The van der Waals surface area contributed by atoms with Gasteiger partial charge in [-0.2, -0.15) is 0 Å². The summed E-state index contributed by atoms with van der Waals surface area (Å²) in [6.07, 6.45) is 0.827. The topological polar surface area (TPSA) is 42.0 Å². The second kappa shape index (κ2) is 5.99. The number of anilines is 1. The van der Waals surface area contributed by atoms with Crippen molar-refractivity contribution in [1.29, 1.82) is 0 Å². The Bertz CT molecular complexity index is 814. The van der Waals surface area contributed by atoms with E-state index in [1.165, 1.54) is 5.56 Å². The predicted octanol–water partition coefficient (Wildman–Crippen LogP) is 3.07. The SMILES string of the molecule is CC1Cc2cc3c(cc2CN1C(=O)c1ccc(N(C)C)cc1)OCO3. The Morgan fingerprint density at radius 1 is 1.08 bits per heavy atom. The van der Waals surface area contributed by atoms with E-state index in [2.05, 4.69) is 13.0 Å². The first-order chi connectivity index (χ1) is 12.0. The average molecular weight is 338 g/mol. The highest BCUT2D eigenvalue weighted by atomic mass is 16.7. The van der Waals surface area contributed by atoms with E-state index in [0.29, 0.717) is 6.54 Å². The van der Waals surface area contributed by atoms with Gasteiger partial charge in [-0.1, -0.05) is 0 Å². The highest BCUT2D eigenvalue weighted by Gasteiger charge is 2.29. The largest absolute Gasteiger partial charge is 0.454 e. The molecule has 2 aromatic rings. The zero-order valence-corrected chi connectivity index (χ0v) is 14.8. The standard InChI is InChI=1S/C20H22N2O3/c1-13-8-15-9-18-19(25-12-24-18)10-16(15)11-22(13)20(23)14-4-6-17(7-5-14)21(2)3/h4-7,9-10,13H,8,11-12H2,1-3H3. The summed E-state index contributed by atoms with van der Waals surface area (Å²) in [5.41, 5.74) is 4.19. The Labute approximate surface area is 147 Å². The molecule has 0 aromatic heterocycles. The van der Waals surface area contributed by atoms with Gasteiger partial charge in [-0.25, -0.2) is 0 Å². The molecule has 130 valence electrons. The molecule has 2 aromatic carbocycles. The summed E-state index contributed by atoms with van der Waals surface area (Å²) in [5, 5.41) is 0. The summed E-state index contributed by atoms with van der Waals surface area (Å²) in [7, 11) is 3.98. The molecule has 0 N–H and O–H groups in total. The second-order valence-electron chi connectivity index (χ2n) is 6.90. The van der Waals surface area contributed by atoms with Crippen molar-refractivity contribution in [2.75, 3.05) is 25.8 Å². The fraction of sp³-hybridized carbons (Fsp3) is 0.350. The van der Waals surface area contributed by atoms with Crippen molar-refractivity contribution in [3.63, 3.8) is 0 Å². The lowest BCUT2D eigenvalue weighted by molar-refractivity contribution is 0.0658. The quantitative estimate of drug-likeness (QED) is 0.844. The molecule has 0 aliphatic carbocycles. The molecule has 4 rings (SSSR count). The van der Waals surface area contributed by atoms with Crippen LogP contribution in [-0.2, 0) is 13.0 Å². The summed E-state index contributed by atoms with van der Waals surface area (Å²) < 4.78 is 10.9. The molecule has 0 fully saturated rings. The Balaban J connectivity index is 1.59. The van der Waals surface area contributed by atoms with Gasteiger partial charge in [0.15, 0.2) is 11.5 Å². The van der Waals surface area contributed by atoms with Gasteiger partial charge in [0.25, 0.3) is 5.91 Å². The molecule has 0 saturated carbocycles. The number of fused-ring (bicyclic) bond motifs is 2. The van der Waals surface area contributed by atoms with Crippen LogP contribution in [0.1, 0.15) is 28.4 Å². The van der Waals surface area contributed by atoms with Gasteiger partial charge in [-0.3, -0.25) is 4.79 Å². The van der Waals surface area contributed by atoms with E-state index in [9.17, 15) is 4.79 Å². The van der Waals surface area contributed by atoms with Crippen molar-refractivity contribution in [3.05, 3.63) is 53.1 Å². The van der Waals surface area contributed by atoms with Crippen molar-refractivity contribution >= 4 is 11.6 Å². The van der Waals surface area contributed by atoms with Crippen molar-refractivity contribution in [2.24, 2.45) is 0 Å². The maximum atomic E-state index is 13.0. The van der Waals surface area contributed by atoms with Crippen LogP contribution in [0.15, 0.2) is 36.4 Å². The number of hydrogen-bond donors (Lipinski definition) is 0. The molecule has 1 amide bonds. The number of carbonyl (C=O) groups is 1. The van der Waals surface area contributed by atoms with Crippen molar-refractivity contribution in [2.45, 2.75) is 25.9 Å². The van der Waals surface area contributed by atoms with Gasteiger partial charge < -0.3 is 19.3 Å². The maximum Gasteiger partial charge on any atom is 0.254 e. The molecule has 0 saturated heterocycles. The van der Waals surface area contributed by atoms with E-state index in [1.54, 1.807) is 0 Å². The van der Waals surface area contributed by atoms with Gasteiger partial charge in [-0.05, 0) is 60.9 Å². The molecule has 1 unspecified atom stereocenters. The highest BCUT2D eigenvalue weighted by molar-refractivity contribution is 5.95. The number of ether oxygens (including phenoxy) is 2. The zero-order chi connectivity index (χ0) is 17.6. The molecule has 5 nitrogen and oxygen atoms in total. The van der Waals surface area contributed by atoms with Crippen LogP contribution in [0.2, 0.25) is 0 Å². The van der Waals surface area contributed by atoms with Crippen LogP contribution in [0.5, 0.6) is 11.5 Å². The van der Waals surface area contributed by atoms with Crippen LogP contribution >= 0.6 is 0 Å². The van der Waals surface area contributed by atoms with E-state index in [-0.39, 0.29) is 18.7 Å². The van der Waals surface area contributed by atoms with E-state index < -0.39 is 0 Å². The summed E-state index contributed by atoms with van der Waals surface area (Å²) in [4.78, 5) is 17.0. The van der Waals surface area contributed by atoms with Gasteiger partial charge in [-0.15, -0.1) is 0 Å². The molecule has 5 heteroatoms. The normalized spacial score (nSPS) is 18.0. The molecular formula is C20H22N2O3. The summed E-state index contributed by atoms with van der Waals surface area (Å²) in [5.74, 6) is 1.65. The lowest BCUT2D eigenvalue weighted by Crippen LogP contribution is -2.42. The molecule has 2 heterocycles. The number of nitrogens with zero attached hydrogens (tertiary/aromatic N) is 2. The highest BCUT2D eigenvalue weighted by Crippen LogP contribution is 2.38. The molecule has 2 aliphatic rings. The summed E-state index contributed by atoms with van der Waals surface area (Å²) in [6.45, 7) is 2.97. The van der Waals surface area contributed by atoms with Crippen LogP contribution in [0.3, 0.4) is 0 Å². The molecule has 2 aliphatic heterocycles. The zero-order valence-electron chi connectivity index (χ0n) is 14.8. The molecule has 0 spiro atoms. The minimum atomic E-state index is 0.0705. The second-order valence-corrected chi connectivity index (χ2v) is 6.90. The van der Waals surface area contributed by atoms with Crippen molar-refractivity contribution < 1.29 is 14.3 Å². The maximum absolute atomic E-state index is 13.0. The Hall–Kier alpha value is -2.69. The van der Waals surface area contributed by atoms with E-state index >= 15 is 0 Å². The van der Waals surface area contributed by atoms with Crippen LogP contribution in [0.25, 0.3) is 0 Å². The number of hydrogen-bond acceptors (Lipinski definition) is 4. The summed E-state index contributed by atoms with van der Waals surface area (Å²) in [6, 6.07) is 12.0. The monoisotopic (exact) mass is 338 g/mol. The van der Waals surface area contributed by atoms with E-state index in [1.807, 2.05) is 54.2 Å². The molecule has 0 radical (unpaired) electrons. The van der Waals surface area contributed by atoms with Crippen LogP contribution in [-0.4, -0.2) is 37.7 Å². The first kappa shape index (κ1) is 15.8. The fourth-order valence-electron chi connectivity index (χ4n) is 3.47. The van der Waals surface area contributed by atoms with Gasteiger partial charge in [0.2, 0.25) is 6.79 Å². The molecule has 25 heavy (non-hydrogen) atoms. The lowest BCUT2D eigenvalue weighted by atomic mass is 9.93. The third kappa shape index (κ3) is 2.80. The summed E-state index contributed by atoms with van der Waals surface area (Å²) >= 11 is 0. The minimum absolute atomic E-state index is 0.0705. The third-order valence-corrected chi connectivity index (χ3v) is 4.97. The molecule has 1 atom stereocenters. The third-order valence-electron chi connectivity index (χ3n) is 4.97. The first-order valence-electron chi connectivity index (χ1n) is 8.52. The van der Waals surface area contributed by atoms with Crippen LogP contribution < -0.4 is 14.4 Å². The van der Waals surface area contributed by atoms with Gasteiger partial charge in [0.1, 0.15) is 0 Å². The Kier molecular flexibility index (Phi) is 3.79. The smallest absolute Gasteiger partial charge is 0.254 e. The Morgan fingerprint density at radius 3 is 2.36 bits per heavy atom. The van der Waals surface area contributed by atoms with Crippen molar-refractivity contribution in [3.8, 4) is 11.5 Å². The van der Waals surface area contributed by atoms with E-state index in [0.717, 1.165) is 34.7 Å². The van der Waals surface area contributed by atoms with Crippen LogP contribution in [0.4, 0.5) is 5.69 Å². The van der Waals surface area contributed by atoms with E-state index in [4.69, 9.17) is 9.47 Å². The molecular weight excluding hydrogens is 316 g/mol. The number of amides is 1. The van der Waals surface area contributed by atoms with Gasteiger partial charge >= 0.3 is 0 Å². The van der Waals surface area contributed by atoms with Crippen LogP contribution in [0, 0.1) is 0 Å². The van der Waals surface area contributed by atoms with Crippen molar-refractivity contribution in [1.82, 2.24) is 4.90 Å². The average Bonchev–Trinajstić information content (AvgIpc) is 3.06. The first-order valence-corrected chi connectivity index (χ1v) is 8.52. The predicted molar refractivity (Wildman–Crippen MR) is 96.4 cm³/mol. The lowest BCUT2D eigenvalue weighted by Gasteiger charge is -2.35. The fourth-order valence-corrected chi connectivity index (χ4v) is 3.47. The number of carbonyl (C=O) groups excluding carboxylic acids is 1. The minimum Gasteiger partial charge on any atom is -0.454 e. The van der Waals surface area contributed by atoms with Gasteiger partial charge in [0, 0.05) is 37.9 Å².